The van der Waals surface area contributed by atoms with Gasteiger partial charge in [0.05, 0.1) is 5.57 Å². The van der Waals surface area contributed by atoms with Gasteiger partial charge in [0, 0.05) is 11.0 Å². The maximum atomic E-state index is 13.1. The number of Topliss-reactive ketones (excluding diaryl/α,β-unsaturated/α-hetero) is 1. The predicted octanol–water partition coefficient (Wildman–Crippen LogP) is 5.30. The Balaban J connectivity index is 1.90. The topological polar surface area (TPSA) is 43.4 Å². The van der Waals surface area contributed by atoms with E-state index in [-0.39, 0.29) is 17.9 Å². The van der Waals surface area contributed by atoms with Crippen molar-refractivity contribution in [2.75, 3.05) is 0 Å². The summed E-state index contributed by atoms with van der Waals surface area (Å²) in [5.41, 5.74) is 1.15. The molecular weight excluding hydrogens is 324 g/mol. The van der Waals surface area contributed by atoms with Gasteiger partial charge in [0.2, 0.25) is 0 Å². The van der Waals surface area contributed by atoms with Gasteiger partial charge < -0.3 is 4.74 Å². The van der Waals surface area contributed by atoms with Gasteiger partial charge in [-0.1, -0.05) is 57.5 Å². The number of ether oxygens (including phenoxy) is 1. The summed E-state index contributed by atoms with van der Waals surface area (Å²) < 4.78 is 6.04. The number of carbonyl (C=O) groups is 2. The van der Waals surface area contributed by atoms with Gasteiger partial charge in [-0.25, -0.2) is 4.79 Å². The Hall–Kier alpha value is -1.90. The third kappa shape index (κ3) is 3.49. The molecule has 26 heavy (non-hydrogen) atoms. The molecule has 3 atom stereocenters. The first kappa shape index (κ1) is 18.9. The fourth-order valence-electron chi connectivity index (χ4n) is 4.39. The molecule has 1 saturated carbocycles. The number of allylic oxidation sites excluding steroid dienone is 1. The lowest BCUT2D eigenvalue weighted by Crippen LogP contribution is -2.37. The Kier molecular flexibility index (Phi) is 5.09. The van der Waals surface area contributed by atoms with Gasteiger partial charge in [0.25, 0.3) is 0 Å². The van der Waals surface area contributed by atoms with Crippen LogP contribution in [0.2, 0.25) is 0 Å². The summed E-state index contributed by atoms with van der Waals surface area (Å²) in [5.74, 6) is 1.24. The monoisotopic (exact) mass is 354 g/mol. The maximum absolute atomic E-state index is 13.1. The average molecular weight is 354 g/mol. The summed E-state index contributed by atoms with van der Waals surface area (Å²) in [5, 5.41) is 0. The van der Waals surface area contributed by atoms with Crippen molar-refractivity contribution in [3.05, 3.63) is 41.5 Å². The molecule has 0 aromatic heterocycles. The van der Waals surface area contributed by atoms with Crippen molar-refractivity contribution in [2.45, 2.75) is 60.0 Å². The van der Waals surface area contributed by atoms with Crippen LogP contribution in [0.25, 0.3) is 5.57 Å². The van der Waals surface area contributed by atoms with Crippen LogP contribution >= 0.6 is 0 Å². The molecule has 2 aliphatic rings. The molecule has 2 aliphatic carbocycles. The molecule has 0 N–H and O–H groups in total. The molecule has 0 aliphatic heterocycles. The van der Waals surface area contributed by atoms with Crippen LogP contribution in [0.5, 0.6) is 0 Å². The summed E-state index contributed by atoms with van der Waals surface area (Å²) in [6.45, 7) is 10.4. The molecule has 1 fully saturated rings. The lowest BCUT2D eigenvalue weighted by molar-refractivity contribution is -0.148. The third-order valence-electron chi connectivity index (χ3n) is 5.99. The first-order valence-corrected chi connectivity index (χ1v) is 9.78. The van der Waals surface area contributed by atoms with Gasteiger partial charge in [-0.05, 0) is 50.0 Å². The summed E-state index contributed by atoms with van der Waals surface area (Å²) in [7, 11) is 0. The number of benzene rings is 1. The van der Waals surface area contributed by atoms with E-state index in [9.17, 15) is 9.59 Å². The largest absolute Gasteiger partial charge is 0.458 e. The Morgan fingerprint density at radius 2 is 1.81 bits per heavy atom. The molecule has 140 valence electrons. The zero-order valence-electron chi connectivity index (χ0n) is 16.5. The number of fused-ring (bicyclic) bond motifs is 1. The smallest absolute Gasteiger partial charge is 0.338 e. The Morgan fingerprint density at radius 3 is 2.46 bits per heavy atom. The molecular formula is C23H30O3. The van der Waals surface area contributed by atoms with Crippen molar-refractivity contribution >= 4 is 17.3 Å². The number of carbonyl (C=O) groups excluding carboxylic acids is 2. The molecule has 0 bridgehead atoms. The molecule has 3 nitrogen and oxygen atoms in total. The second-order valence-corrected chi connectivity index (χ2v) is 8.92. The van der Waals surface area contributed by atoms with Crippen LogP contribution in [0.1, 0.15) is 69.8 Å². The minimum Gasteiger partial charge on any atom is -0.458 e. The molecule has 0 saturated heterocycles. The maximum Gasteiger partial charge on any atom is 0.338 e. The molecule has 0 heterocycles. The van der Waals surface area contributed by atoms with E-state index in [0.29, 0.717) is 34.5 Å². The van der Waals surface area contributed by atoms with Crippen LogP contribution in [0.3, 0.4) is 0 Å². The lowest BCUT2D eigenvalue weighted by atomic mass is 9.74. The van der Waals surface area contributed by atoms with E-state index >= 15 is 0 Å². The summed E-state index contributed by atoms with van der Waals surface area (Å²) in [6, 6.07) is 7.36. The second-order valence-electron chi connectivity index (χ2n) is 8.92. The minimum absolute atomic E-state index is 0.0416. The third-order valence-corrected chi connectivity index (χ3v) is 5.99. The van der Waals surface area contributed by atoms with Crippen molar-refractivity contribution in [3.8, 4) is 0 Å². The molecule has 0 amide bonds. The van der Waals surface area contributed by atoms with Gasteiger partial charge in [-0.2, -0.15) is 0 Å². The van der Waals surface area contributed by atoms with E-state index < -0.39 is 5.41 Å². The van der Waals surface area contributed by atoms with E-state index in [0.717, 1.165) is 12.8 Å². The fourth-order valence-corrected chi connectivity index (χ4v) is 4.39. The lowest BCUT2D eigenvalue weighted by Gasteiger charge is -2.37. The summed E-state index contributed by atoms with van der Waals surface area (Å²) >= 11 is 0. The normalized spacial score (nSPS) is 27.7. The van der Waals surface area contributed by atoms with E-state index in [1.807, 2.05) is 32.0 Å². The van der Waals surface area contributed by atoms with Gasteiger partial charge in [-0.3, -0.25) is 4.79 Å². The molecule has 3 heteroatoms. The van der Waals surface area contributed by atoms with Gasteiger partial charge in [-0.15, -0.1) is 0 Å². The summed E-state index contributed by atoms with van der Waals surface area (Å²) in [4.78, 5) is 25.8. The average Bonchev–Trinajstić information content (AvgIpc) is 2.58. The molecule has 0 spiro atoms. The van der Waals surface area contributed by atoms with Gasteiger partial charge in [0.1, 0.15) is 6.10 Å². The molecule has 1 aromatic rings. The van der Waals surface area contributed by atoms with E-state index in [4.69, 9.17) is 4.74 Å². The van der Waals surface area contributed by atoms with E-state index in [2.05, 4.69) is 20.8 Å². The Bertz CT molecular complexity index is 742. The van der Waals surface area contributed by atoms with Crippen molar-refractivity contribution in [1.82, 2.24) is 0 Å². The zero-order chi connectivity index (χ0) is 19.1. The van der Waals surface area contributed by atoms with Crippen LogP contribution in [-0.2, 0) is 9.53 Å². The van der Waals surface area contributed by atoms with Gasteiger partial charge in [0.15, 0.2) is 5.78 Å². The molecule has 1 aromatic carbocycles. The second kappa shape index (κ2) is 7.02. The number of ketones is 1. The Morgan fingerprint density at radius 1 is 1.15 bits per heavy atom. The van der Waals surface area contributed by atoms with Crippen LogP contribution in [0.4, 0.5) is 0 Å². The highest BCUT2D eigenvalue weighted by Crippen LogP contribution is 2.39. The fraction of sp³-hybridized carbons (Fsp3) is 0.565. The van der Waals surface area contributed by atoms with Crippen molar-refractivity contribution in [1.29, 1.82) is 0 Å². The summed E-state index contributed by atoms with van der Waals surface area (Å²) in [6.07, 6.45) is 4.98. The van der Waals surface area contributed by atoms with Crippen molar-refractivity contribution < 1.29 is 14.3 Å². The highest BCUT2D eigenvalue weighted by atomic mass is 16.5. The number of esters is 1. The van der Waals surface area contributed by atoms with Crippen LogP contribution in [0, 0.1) is 23.2 Å². The van der Waals surface area contributed by atoms with E-state index in [1.165, 1.54) is 6.42 Å². The van der Waals surface area contributed by atoms with Gasteiger partial charge >= 0.3 is 5.97 Å². The highest BCUT2D eigenvalue weighted by molar-refractivity contribution is 6.23. The number of hydrogen-bond acceptors (Lipinski definition) is 3. The quantitative estimate of drug-likeness (QED) is 0.692. The number of rotatable bonds is 3. The van der Waals surface area contributed by atoms with Crippen LogP contribution in [0.15, 0.2) is 30.3 Å². The first-order chi connectivity index (χ1) is 12.2. The highest BCUT2D eigenvalue weighted by Gasteiger charge is 2.38. The van der Waals surface area contributed by atoms with Crippen LogP contribution < -0.4 is 0 Å². The van der Waals surface area contributed by atoms with E-state index in [1.54, 1.807) is 12.1 Å². The molecule has 0 unspecified atom stereocenters. The molecule has 3 rings (SSSR count). The minimum atomic E-state index is -0.694. The number of hydrogen-bond donors (Lipinski definition) is 0. The standard InChI is InChI=1S/C23H30O3/c1-14(2)16-11-10-15(3)12-20(16)26-22(25)19-13-23(4,5)21(24)18-9-7-6-8-17(18)19/h6-9,13-16,20H,10-12H2,1-5H3/t15-,16+,20-/m1/s1. The SMILES string of the molecule is CC(C)[C@@H]1CC[C@@H](C)C[C@H]1OC(=O)C1=CC(C)(C)C(=O)c2ccccc21. The predicted molar refractivity (Wildman–Crippen MR) is 104 cm³/mol. The van der Waals surface area contributed by atoms with Crippen molar-refractivity contribution in [2.24, 2.45) is 23.2 Å². The molecule has 0 radical (unpaired) electrons. The van der Waals surface area contributed by atoms with Crippen molar-refractivity contribution in [3.63, 3.8) is 0 Å². The zero-order valence-corrected chi connectivity index (χ0v) is 16.5. The van der Waals surface area contributed by atoms with Crippen LogP contribution in [-0.4, -0.2) is 17.9 Å². The Labute approximate surface area is 156 Å². The first-order valence-electron chi connectivity index (χ1n) is 9.78.